The van der Waals surface area contributed by atoms with Gasteiger partial charge in [0.05, 0.1) is 5.41 Å². The van der Waals surface area contributed by atoms with Gasteiger partial charge in [0.2, 0.25) is 0 Å². The van der Waals surface area contributed by atoms with Crippen LogP contribution in [0.2, 0.25) is 0 Å². The summed E-state index contributed by atoms with van der Waals surface area (Å²) < 4.78 is 2.58. The molecule has 0 unspecified atom stereocenters. The molecule has 65 heavy (non-hydrogen) atoms. The highest BCUT2D eigenvalue weighted by molar-refractivity contribution is 7.25. The van der Waals surface area contributed by atoms with Crippen LogP contribution < -0.4 is 4.90 Å². The molecule has 2 aliphatic carbocycles. The standard InChI is InChI=1S/C63H39NS/c1-2-13-40(14-3-1)44-18-12-19-47(35-44)64(48-29-25-41-15-4-5-17-43(41)36-48)49-30-34-61-54(39-49)53-37-46(28-33-60(53)65-61)45-27-31-58-55(38-45)62-50-20-7-6-16-42(50)26-32-59(62)63(58)56-23-10-8-21-51(56)52-22-9-11-24-57(52)63/h1-39H. The molecule has 2 heteroatoms. The van der Waals surface area contributed by atoms with Gasteiger partial charge in [-0.15, -0.1) is 11.3 Å². The Kier molecular flexibility index (Phi) is 7.84. The summed E-state index contributed by atoms with van der Waals surface area (Å²) in [5, 5.41) is 7.58. The summed E-state index contributed by atoms with van der Waals surface area (Å²) in [6, 6.07) is 88.3. The second kappa shape index (κ2) is 14.0. The maximum Gasteiger partial charge on any atom is 0.0725 e. The first kappa shape index (κ1) is 36.4. The molecule has 0 amide bonds. The summed E-state index contributed by atoms with van der Waals surface area (Å²) in [4.78, 5) is 2.42. The molecular weight excluding hydrogens is 803 g/mol. The number of benzene rings is 11. The van der Waals surface area contributed by atoms with E-state index in [9.17, 15) is 0 Å². The van der Waals surface area contributed by atoms with Crippen LogP contribution in [0, 0.1) is 0 Å². The third-order valence-electron chi connectivity index (χ3n) is 14.2. The van der Waals surface area contributed by atoms with Crippen molar-refractivity contribution >= 4 is 70.1 Å². The lowest BCUT2D eigenvalue weighted by atomic mass is 9.70. The second-order valence-electron chi connectivity index (χ2n) is 17.6. The van der Waals surface area contributed by atoms with Crippen molar-refractivity contribution in [1.82, 2.24) is 0 Å². The molecule has 0 saturated carbocycles. The van der Waals surface area contributed by atoms with Gasteiger partial charge in [-0.3, -0.25) is 0 Å². The number of fused-ring (bicyclic) bond motifs is 16. The molecule has 0 aliphatic heterocycles. The zero-order valence-electron chi connectivity index (χ0n) is 35.4. The maximum absolute atomic E-state index is 2.49. The summed E-state index contributed by atoms with van der Waals surface area (Å²) in [5.41, 5.74) is 18.7. The van der Waals surface area contributed by atoms with Crippen LogP contribution in [-0.4, -0.2) is 0 Å². The average Bonchev–Trinajstić information content (AvgIpc) is 4.00. The van der Waals surface area contributed by atoms with E-state index in [-0.39, 0.29) is 5.41 Å². The van der Waals surface area contributed by atoms with Crippen molar-refractivity contribution in [3.05, 3.63) is 259 Å². The van der Waals surface area contributed by atoms with Gasteiger partial charge in [-0.05, 0) is 149 Å². The van der Waals surface area contributed by atoms with Crippen molar-refractivity contribution in [2.24, 2.45) is 0 Å². The van der Waals surface area contributed by atoms with Crippen molar-refractivity contribution in [3.63, 3.8) is 0 Å². The quantitative estimate of drug-likeness (QED) is 0.167. The highest BCUT2D eigenvalue weighted by atomic mass is 32.1. The molecule has 12 aromatic rings. The highest BCUT2D eigenvalue weighted by Crippen LogP contribution is 2.64. The lowest BCUT2D eigenvalue weighted by Crippen LogP contribution is -2.25. The van der Waals surface area contributed by atoms with Gasteiger partial charge in [-0.2, -0.15) is 0 Å². The van der Waals surface area contributed by atoms with E-state index >= 15 is 0 Å². The Morgan fingerprint density at radius 1 is 0.292 bits per heavy atom. The van der Waals surface area contributed by atoms with E-state index in [1.54, 1.807) is 0 Å². The fraction of sp³-hybridized carbons (Fsp3) is 0.0159. The average molecular weight is 842 g/mol. The first-order valence-electron chi connectivity index (χ1n) is 22.5. The zero-order valence-corrected chi connectivity index (χ0v) is 36.2. The van der Waals surface area contributed by atoms with E-state index in [0.717, 1.165) is 17.1 Å². The molecule has 302 valence electrons. The van der Waals surface area contributed by atoms with Crippen molar-refractivity contribution < 1.29 is 0 Å². The van der Waals surface area contributed by atoms with Gasteiger partial charge in [0.25, 0.3) is 0 Å². The Bertz CT molecular complexity index is 3870. The number of nitrogens with zero attached hydrogens (tertiary/aromatic N) is 1. The van der Waals surface area contributed by atoms with Gasteiger partial charge in [0, 0.05) is 37.2 Å². The molecule has 1 heterocycles. The van der Waals surface area contributed by atoms with E-state index < -0.39 is 0 Å². The predicted molar refractivity (Wildman–Crippen MR) is 276 cm³/mol. The molecule has 0 bridgehead atoms. The Labute approximate surface area is 381 Å². The smallest absolute Gasteiger partial charge is 0.0725 e. The highest BCUT2D eigenvalue weighted by Gasteiger charge is 2.52. The summed E-state index contributed by atoms with van der Waals surface area (Å²) in [5.74, 6) is 0. The second-order valence-corrected chi connectivity index (χ2v) is 18.7. The van der Waals surface area contributed by atoms with E-state index in [1.165, 1.54) is 108 Å². The van der Waals surface area contributed by atoms with E-state index in [2.05, 4.69) is 241 Å². The number of anilines is 3. The first-order chi connectivity index (χ1) is 32.2. The monoisotopic (exact) mass is 841 g/mol. The summed E-state index contributed by atoms with van der Waals surface area (Å²) in [7, 11) is 0. The van der Waals surface area contributed by atoms with Crippen LogP contribution in [-0.2, 0) is 5.41 Å². The fourth-order valence-corrected chi connectivity index (χ4v) is 12.5. The SMILES string of the molecule is c1ccc(-c2cccc(N(c3ccc4ccccc4c3)c3ccc4sc5ccc(-c6ccc7c(c6)-c6c(ccc8ccccc68)C76c7ccccc7-c7ccccc76)cc5c4c3)c2)cc1. The normalized spacial score (nSPS) is 13.0. The summed E-state index contributed by atoms with van der Waals surface area (Å²) in [6.45, 7) is 0. The van der Waals surface area contributed by atoms with Crippen molar-refractivity contribution in [1.29, 1.82) is 0 Å². The molecule has 0 fully saturated rings. The van der Waals surface area contributed by atoms with Crippen LogP contribution in [0.1, 0.15) is 22.3 Å². The predicted octanol–water partition coefficient (Wildman–Crippen LogP) is 17.5. The van der Waals surface area contributed by atoms with Gasteiger partial charge in [0.15, 0.2) is 0 Å². The maximum atomic E-state index is 2.49. The first-order valence-corrected chi connectivity index (χ1v) is 23.3. The number of rotatable bonds is 5. The topological polar surface area (TPSA) is 3.24 Å². The van der Waals surface area contributed by atoms with Crippen molar-refractivity contribution in [2.75, 3.05) is 4.90 Å². The third kappa shape index (κ3) is 5.32. The minimum Gasteiger partial charge on any atom is -0.310 e. The molecule has 0 radical (unpaired) electrons. The molecule has 2 aliphatic rings. The molecule has 1 aromatic heterocycles. The number of hydrogen-bond acceptors (Lipinski definition) is 2. The molecule has 14 rings (SSSR count). The minimum absolute atomic E-state index is 0.387. The van der Waals surface area contributed by atoms with E-state index in [0.29, 0.717) is 0 Å². The summed E-state index contributed by atoms with van der Waals surface area (Å²) >= 11 is 1.87. The van der Waals surface area contributed by atoms with Crippen LogP contribution in [0.4, 0.5) is 17.1 Å². The van der Waals surface area contributed by atoms with E-state index in [4.69, 9.17) is 0 Å². The van der Waals surface area contributed by atoms with Crippen molar-refractivity contribution in [3.8, 4) is 44.5 Å². The van der Waals surface area contributed by atoms with Crippen LogP contribution in [0.25, 0.3) is 86.2 Å². The Morgan fingerprint density at radius 3 is 1.68 bits per heavy atom. The molecule has 0 saturated heterocycles. The Balaban J connectivity index is 0.945. The van der Waals surface area contributed by atoms with Gasteiger partial charge >= 0.3 is 0 Å². The van der Waals surface area contributed by atoms with Crippen LogP contribution in [0.15, 0.2) is 237 Å². The molecule has 11 aromatic carbocycles. The van der Waals surface area contributed by atoms with Gasteiger partial charge in [-0.25, -0.2) is 0 Å². The van der Waals surface area contributed by atoms with Crippen molar-refractivity contribution in [2.45, 2.75) is 5.41 Å². The summed E-state index contributed by atoms with van der Waals surface area (Å²) in [6.07, 6.45) is 0. The van der Waals surface area contributed by atoms with Crippen LogP contribution >= 0.6 is 11.3 Å². The van der Waals surface area contributed by atoms with Gasteiger partial charge in [0.1, 0.15) is 0 Å². The van der Waals surface area contributed by atoms with Gasteiger partial charge < -0.3 is 4.90 Å². The largest absolute Gasteiger partial charge is 0.310 e. The lowest BCUT2D eigenvalue weighted by molar-refractivity contribution is 0.794. The lowest BCUT2D eigenvalue weighted by Gasteiger charge is -2.30. The van der Waals surface area contributed by atoms with E-state index in [1.807, 2.05) is 11.3 Å². The molecular formula is C63H39NS. The number of thiophene rings is 1. The fourth-order valence-electron chi connectivity index (χ4n) is 11.4. The molecule has 1 nitrogen and oxygen atoms in total. The third-order valence-corrected chi connectivity index (χ3v) is 15.4. The molecule has 0 atom stereocenters. The zero-order chi connectivity index (χ0) is 42.6. The molecule has 0 N–H and O–H groups in total. The van der Waals surface area contributed by atoms with Crippen LogP contribution in [0.3, 0.4) is 0 Å². The Hall–Kier alpha value is -8.04. The van der Waals surface area contributed by atoms with Gasteiger partial charge in [-0.1, -0.05) is 176 Å². The molecule has 1 spiro atoms. The minimum atomic E-state index is -0.387. The number of hydrogen-bond donors (Lipinski definition) is 0. The Morgan fingerprint density at radius 2 is 0.846 bits per heavy atom. The van der Waals surface area contributed by atoms with Crippen LogP contribution in [0.5, 0.6) is 0 Å².